The SMILES string of the molecule is Cc1cccc(C(=O)N2CCC3NCCC3C2)c1Cl. The van der Waals surface area contributed by atoms with Gasteiger partial charge < -0.3 is 10.2 Å². The average molecular weight is 279 g/mol. The zero-order valence-electron chi connectivity index (χ0n) is 11.2. The van der Waals surface area contributed by atoms with Gasteiger partial charge in [0.2, 0.25) is 0 Å². The first-order valence-corrected chi connectivity index (χ1v) is 7.32. The number of amides is 1. The molecule has 2 saturated heterocycles. The first-order chi connectivity index (χ1) is 9.16. The predicted molar refractivity (Wildman–Crippen MR) is 76.6 cm³/mol. The van der Waals surface area contributed by atoms with Crippen LogP contribution in [-0.4, -0.2) is 36.5 Å². The van der Waals surface area contributed by atoms with Crippen LogP contribution in [0.2, 0.25) is 5.02 Å². The summed E-state index contributed by atoms with van der Waals surface area (Å²) >= 11 is 6.26. The Hall–Kier alpha value is -1.06. The monoisotopic (exact) mass is 278 g/mol. The lowest BCUT2D eigenvalue weighted by molar-refractivity contribution is 0.0662. The van der Waals surface area contributed by atoms with Crippen molar-refractivity contribution in [2.24, 2.45) is 5.92 Å². The minimum atomic E-state index is 0.0825. The summed E-state index contributed by atoms with van der Waals surface area (Å²) in [6, 6.07) is 6.28. The topological polar surface area (TPSA) is 32.3 Å². The van der Waals surface area contributed by atoms with Gasteiger partial charge in [0.05, 0.1) is 10.6 Å². The number of benzene rings is 1. The normalized spacial score (nSPS) is 26.3. The van der Waals surface area contributed by atoms with Crippen LogP contribution in [0.1, 0.15) is 28.8 Å². The lowest BCUT2D eigenvalue weighted by atomic mass is 9.93. The molecule has 0 spiro atoms. The second-order valence-corrected chi connectivity index (χ2v) is 5.96. The van der Waals surface area contributed by atoms with Crippen LogP contribution < -0.4 is 5.32 Å². The fraction of sp³-hybridized carbons (Fsp3) is 0.533. The van der Waals surface area contributed by atoms with Gasteiger partial charge >= 0.3 is 0 Å². The number of halogens is 1. The van der Waals surface area contributed by atoms with Gasteiger partial charge in [-0.15, -0.1) is 0 Å². The fourth-order valence-electron chi connectivity index (χ4n) is 3.21. The zero-order valence-corrected chi connectivity index (χ0v) is 11.9. The molecule has 2 aliphatic rings. The molecule has 2 aliphatic heterocycles. The number of carbonyl (C=O) groups is 1. The first kappa shape index (κ1) is 12.9. The molecule has 0 bridgehead atoms. The summed E-state index contributed by atoms with van der Waals surface area (Å²) in [7, 11) is 0. The van der Waals surface area contributed by atoms with Gasteiger partial charge in [-0.2, -0.15) is 0 Å². The van der Waals surface area contributed by atoms with Gasteiger partial charge in [-0.05, 0) is 43.9 Å². The summed E-state index contributed by atoms with van der Waals surface area (Å²) in [6.45, 7) is 4.72. The van der Waals surface area contributed by atoms with E-state index in [1.807, 2.05) is 30.0 Å². The molecule has 0 radical (unpaired) electrons. The zero-order chi connectivity index (χ0) is 13.4. The molecular weight excluding hydrogens is 260 g/mol. The van der Waals surface area contributed by atoms with E-state index in [1.165, 1.54) is 6.42 Å². The molecule has 4 heteroatoms. The van der Waals surface area contributed by atoms with Crippen LogP contribution in [0.5, 0.6) is 0 Å². The Morgan fingerprint density at radius 3 is 3.11 bits per heavy atom. The maximum atomic E-state index is 12.6. The van der Waals surface area contributed by atoms with Crippen LogP contribution in [0, 0.1) is 12.8 Å². The number of nitrogens with zero attached hydrogens (tertiary/aromatic N) is 1. The number of aryl methyl sites for hydroxylation is 1. The second kappa shape index (κ2) is 5.14. The average Bonchev–Trinajstić information content (AvgIpc) is 2.88. The second-order valence-electron chi connectivity index (χ2n) is 5.59. The number of fused-ring (bicyclic) bond motifs is 1. The third-order valence-corrected chi connectivity index (χ3v) is 4.87. The number of hydrogen-bond acceptors (Lipinski definition) is 2. The van der Waals surface area contributed by atoms with Crippen LogP contribution in [-0.2, 0) is 0 Å². The van der Waals surface area contributed by atoms with E-state index in [-0.39, 0.29) is 5.91 Å². The van der Waals surface area contributed by atoms with E-state index in [4.69, 9.17) is 11.6 Å². The third-order valence-electron chi connectivity index (χ3n) is 4.37. The van der Waals surface area contributed by atoms with Gasteiger partial charge in [0.1, 0.15) is 0 Å². The molecule has 3 nitrogen and oxygen atoms in total. The fourth-order valence-corrected chi connectivity index (χ4v) is 3.42. The highest BCUT2D eigenvalue weighted by molar-refractivity contribution is 6.34. The van der Waals surface area contributed by atoms with E-state index >= 15 is 0 Å². The molecule has 1 amide bonds. The Morgan fingerprint density at radius 1 is 1.42 bits per heavy atom. The molecule has 2 fully saturated rings. The van der Waals surface area contributed by atoms with Crippen molar-refractivity contribution in [3.63, 3.8) is 0 Å². The van der Waals surface area contributed by atoms with E-state index in [1.54, 1.807) is 0 Å². The van der Waals surface area contributed by atoms with Crippen molar-refractivity contribution in [1.82, 2.24) is 10.2 Å². The number of piperidine rings is 1. The smallest absolute Gasteiger partial charge is 0.255 e. The standard InChI is InChI=1S/C15H19ClN2O/c1-10-3-2-4-12(14(10)16)15(19)18-8-6-13-11(9-18)5-7-17-13/h2-4,11,13,17H,5-9H2,1H3. The summed E-state index contributed by atoms with van der Waals surface area (Å²) in [5.74, 6) is 0.695. The Kier molecular flexibility index (Phi) is 3.50. The van der Waals surface area contributed by atoms with E-state index in [0.717, 1.165) is 31.6 Å². The maximum Gasteiger partial charge on any atom is 0.255 e. The van der Waals surface area contributed by atoms with Crippen LogP contribution in [0.3, 0.4) is 0 Å². The lowest BCUT2D eigenvalue weighted by Crippen LogP contribution is -2.46. The molecule has 2 unspecified atom stereocenters. The van der Waals surface area contributed by atoms with Crippen molar-refractivity contribution in [2.45, 2.75) is 25.8 Å². The highest BCUT2D eigenvalue weighted by Crippen LogP contribution is 2.27. The molecule has 1 aromatic rings. The van der Waals surface area contributed by atoms with Crippen LogP contribution >= 0.6 is 11.6 Å². The molecule has 1 aromatic carbocycles. The molecule has 2 heterocycles. The summed E-state index contributed by atoms with van der Waals surface area (Å²) in [5.41, 5.74) is 1.61. The summed E-state index contributed by atoms with van der Waals surface area (Å²) < 4.78 is 0. The number of hydrogen-bond donors (Lipinski definition) is 1. The number of likely N-dealkylation sites (tertiary alicyclic amines) is 1. The molecule has 102 valence electrons. The van der Waals surface area contributed by atoms with E-state index in [0.29, 0.717) is 22.5 Å². The molecule has 2 atom stereocenters. The number of carbonyl (C=O) groups excluding carboxylic acids is 1. The molecule has 0 aromatic heterocycles. The minimum absolute atomic E-state index is 0.0825. The largest absolute Gasteiger partial charge is 0.338 e. The molecule has 3 rings (SSSR count). The van der Waals surface area contributed by atoms with Crippen LogP contribution in [0.4, 0.5) is 0 Å². The van der Waals surface area contributed by atoms with Crippen molar-refractivity contribution < 1.29 is 4.79 Å². The Labute approximate surface area is 118 Å². The van der Waals surface area contributed by atoms with Crippen molar-refractivity contribution in [1.29, 1.82) is 0 Å². The van der Waals surface area contributed by atoms with Crippen LogP contribution in [0.25, 0.3) is 0 Å². The van der Waals surface area contributed by atoms with Crippen LogP contribution in [0.15, 0.2) is 18.2 Å². The van der Waals surface area contributed by atoms with Gasteiger partial charge in [0.15, 0.2) is 0 Å². The Bertz CT molecular complexity index is 503. The van der Waals surface area contributed by atoms with Crippen molar-refractivity contribution >= 4 is 17.5 Å². The molecule has 0 aliphatic carbocycles. The van der Waals surface area contributed by atoms with Gasteiger partial charge in [-0.1, -0.05) is 23.7 Å². The van der Waals surface area contributed by atoms with Crippen molar-refractivity contribution in [3.8, 4) is 0 Å². The maximum absolute atomic E-state index is 12.6. The van der Waals surface area contributed by atoms with Gasteiger partial charge in [-0.3, -0.25) is 4.79 Å². The third kappa shape index (κ3) is 2.37. The van der Waals surface area contributed by atoms with E-state index in [9.17, 15) is 4.79 Å². The quantitative estimate of drug-likeness (QED) is 0.856. The van der Waals surface area contributed by atoms with Crippen molar-refractivity contribution in [3.05, 3.63) is 34.3 Å². The van der Waals surface area contributed by atoms with E-state index < -0.39 is 0 Å². The highest BCUT2D eigenvalue weighted by Gasteiger charge is 2.34. The first-order valence-electron chi connectivity index (χ1n) is 6.94. The molecular formula is C15H19ClN2O. The lowest BCUT2D eigenvalue weighted by Gasteiger charge is -2.35. The molecule has 1 N–H and O–H groups in total. The van der Waals surface area contributed by atoms with E-state index in [2.05, 4.69) is 5.32 Å². The van der Waals surface area contributed by atoms with Gasteiger partial charge in [-0.25, -0.2) is 0 Å². The molecule has 19 heavy (non-hydrogen) atoms. The Morgan fingerprint density at radius 2 is 2.26 bits per heavy atom. The van der Waals surface area contributed by atoms with Gasteiger partial charge in [0.25, 0.3) is 5.91 Å². The summed E-state index contributed by atoms with van der Waals surface area (Å²) in [6.07, 6.45) is 2.23. The van der Waals surface area contributed by atoms with Gasteiger partial charge in [0, 0.05) is 19.1 Å². The summed E-state index contributed by atoms with van der Waals surface area (Å²) in [5, 5.41) is 4.11. The highest BCUT2D eigenvalue weighted by atomic mass is 35.5. The predicted octanol–water partition coefficient (Wildman–Crippen LogP) is 2.47. The number of rotatable bonds is 1. The minimum Gasteiger partial charge on any atom is -0.338 e. The molecule has 0 saturated carbocycles. The van der Waals surface area contributed by atoms with Crippen molar-refractivity contribution in [2.75, 3.05) is 19.6 Å². The Balaban J connectivity index is 1.79. The summed E-state index contributed by atoms with van der Waals surface area (Å²) in [4.78, 5) is 14.5. The number of nitrogens with one attached hydrogen (secondary N) is 1.